The van der Waals surface area contributed by atoms with E-state index in [4.69, 9.17) is 4.74 Å². The number of phenols is 5. The SMILES string of the molecule is CC(C)(C)c1cc2c(O)c(c1)Cc1cc(C(C)(C)C)cc(c1O)Cc1cc(C(C)(C)C)cc(c1O)Cc1cc(C(C)(C)C)cc(c1OCCc1ccccc1)Cc1cc(C(C)(C)C)cc(c1O)Cc1cc(C(C)(C)C)cc(c1O)C2. The van der Waals surface area contributed by atoms with Gasteiger partial charge < -0.3 is 30.3 Å². The first kappa shape index (κ1) is 59.5. The molecule has 6 heteroatoms. The monoisotopic (exact) mass is 1080 g/mol. The molecule has 0 aromatic heterocycles. The Morgan fingerprint density at radius 1 is 0.287 bits per heavy atom. The molecule has 0 fully saturated rings. The van der Waals surface area contributed by atoms with E-state index in [1.165, 1.54) is 0 Å². The lowest BCUT2D eigenvalue weighted by Gasteiger charge is -2.27. The average molecular weight is 1080 g/mol. The third-order valence-corrected chi connectivity index (χ3v) is 16.5. The van der Waals surface area contributed by atoms with Crippen LogP contribution in [0.5, 0.6) is 34.5 Å². The van der Waals surface area contributed by atoms with Gasteiger partial charge >= 0.3 is 0 Å². The summed E-state index contributed by atoms with van der Waals surface area (Å²) in [4.78, 5) is 0. The summed E-state index contributed by atoms with van der Waals surface area (Å²) < 4.78 is 7.10. The van der Waals surface area contributed by atoms with Crippen LogP contribution in [0.15, 0.2) is 103 Å². The Labute approximate surface area is 480 Å². The van der Waals surface area contributed by atoms with Gasteiger partial charge in [0.2, 0.25) is 0 Å². The molecule has 7 aromatic carbocycles. The van der Waals surface area contributed by atoms with Crippen LogP contribution in [-0.4, -0.2) is 32.1 Å². The van der Waals surface area contributed by atoms with E-state index < -0.39 is 0 Å². The van der Waals surface area contributed by atoms with Gasteiger partial charge in [-0.25, -0.2) is 0 Å². The maximum atomic E-state index is 12.8. The quantitative estimate of drug-likeness (QED) is 0.120. The number of phenolic OH excluding ortho intramolecular Hbond substituents is 5. The number of hydrogen-bond donors (Lipinski definition) is 5. The van der Waals surface area contributed by atoms with E-state index in [1.807, 2.05) is 6.07 Å². The molecule has 7 aromatic rings. The Morgan fingerprint density at radius 3 is 0.675 bits per heavy atom. The Hall–Kier alpha value is -6.66. The minimum absolute atomic E-state index is 0.123. The van der Waals surface area contributed by atoms with E-state index in [0.717, 1.165) is 66.9 Å². The van der Waals surface area contributed by atoms with Crippen molar-refractivity contribution in [2.45, 2.75) is 202 Å². The van der Waals surface area contributed by atoms with Crippen molar-refractivity contribution in [1.82, 2.24) is 0 Å². The highest BCUT2D eigenvalue weighted by Gasteiger charge is 2.30. The van der Waals surface area contributed by atoms with Crippen molar-refractivity contribution >= 4 is 0 Å². The van der Waals surface area contributed by atoms with Gasteiger partial charge in [0.25, 0.3) is 0 Å². The zero-order valence-corrected chi connectivity index (χ0v) is 51.6. The lowest BCUT2D eigenvalue weighted by Crippen LogP contribution is -2.16. The second-order valence-electron chi connectivity index (χ2n) is 29.5. The van der Waals surface area contributed by atoms with E-state index >= 15 is 0 Å². The fourth-order valence-electron chi connectivity index (χ4n) is 11.1. The van der Waals surface area contributed by atoms with E-state index in [1.54, 1.807) is 0 Å². The van der Waals surface area contributed by atoms with Crippen LogP contribution in [0.3, 0.4) is 0 Å². The molecule has 0 unspecified atom stereocenters. The highest BCUT2D eigenvalue weighted by atomic mass is 16.5. The van der Waals surface area contributed by atoms with Crippen LogP contribution in [0.25, 0.3) is 0 Å². The van der Waals surface area contributed by atoms with Gasteiger partial charge in [-0.15, -0.1) is 0 Å². The van der Waals surface area contributed by atoms with Gasteiger partial charge in [0.05, 0.1) is 6.61 Å². The number of ether oxygens (including phenoxy) is 1. The molecule has 1 aliphatic carbocycles. The zero-order chi connectivity index (χ0) is 58.8. The van der Waals surface area contributed by atoms with E-state index in [9.17, 15) is 25.5 Å². The van der Waals surface area contributed by atoms with Crippen LogP contribution in [0.2, 0.25) is 0 Å². The normalized spacial score (nSPS) is 13.9. The Bertz CT molecular complexity index is 3250. The molecule has 5 N–H and O–H groups in total. The molecule has 0 spiro atoms. The topological polar surface area (TPSA) is 110 Å². The lowest BCUT2D eigenvalue weighted by molar-refractivity contribution is 0.315. The highest BCUT2D eigenvalue weighted by Crippen LogP contribution is 2.45. The molecule has 12 bridgehead atoms. The molecule has 424 valence electrons. The van der Waals surface area contributed by atoms with Crippen molar-refractivity contribution < 1.29 is 30.3 Å². The predicted molar refractivity (Wildman–Crippen MR) is 332 cm³/mol. The van der Waals surface area contributed by atoms with Gasteiger partial charge in [-0.2, -0.15) is 0 Å². The van der Waals surface area contributed by atoms with Crippen LogP contribution in [-0.2, 0) is 77.4 Å². The fraction of sp³-hybridized carbons (Fsp3) is 0.432. The van der Waals surface area contributed by atoms with Crippen LogP contribution in [0.4, 0.5) is 0 Å². The summed E-state index contributed by atoms with van der Waals surface area (Å²) in [6.45, 7) is 39.7. The molecule has 0 heterocycles. The molecule has 1 aliphatic rings. The third kappa shape index (κ3) is 13.2. The van der Waals surface area contributed by atoms with Crippen LogP contribution in [0.1, 0.15) is 230 Å². The number of fused-ring (bicyclic) bond motifs is 12. The summed E-state index contributed by atoms with van der Waals surface area (Å²) in [6, 6.07) is 35.8. The van der Waals surface area contributed by atoms with Crippen LogP contribution >= 0.6 is 0 Å². The van der Waals surface area contributed by atoms with Gasteiger partial charge in [0, 0.05) is 44.9 Å². The van der Waals surface area contributed by atoms with Gasteiger partial charge in [-0.05, 0) is 138 Å². The van der Waals surface area contributed by atoms with Crippen molar-refractivity contribution in [3.63, 3.8) is 0 Å². The number of benzene rings is 7. The van der Waals surface area contributed by atoms with Crippen molar-refractivity contribution in [2.75, 3.05) is 6.61 Å². The highest BCUT2D eigenvalue weighted by molar-refractivity contribution is 5.61. The fourth-order valence-corrected chi connectivity index (χ4v) is 11.1. The van der Waals surface area contributed by atoms with Crippen LogP contribution in [0, 0.1) is 0 Å². The molecular formula is C74H92O6. The molecule has 0 aliphatic heterocycles. The van der Waals surface area contributed by atoms with Gasteiger partial charge in [0.1, 0.15) is 34.5 Å². The minimum Gasteiger partial charge on any atom is -0.507 e. The summed E-state index contributed by atoms with van der Waals surface area (Å²) in [5.41, 5.74) is 14.6. The van der Waals surface area contributed by atoms with E-state index in [2.05, 4.69) is 222 Å². The summed E-state index contributed by atoms with van der Waals surface area (Å²) in [5.74, 6) is 1.47. The van der Waals surface area contributed by atoms with Crippen molar-refractivity contribution in [3.8, 4) is 34.5 Å². The molecular weight excluding hydrogens is 985 g/mol. The Morgan fingerprint density at radius 2 is 0.475 bits per heavy atom. The summed E-state index contributed by atoms with van der Waals surface area (Å²) >= 11 is 0. The predicted octanol–water partition coefficient (Wildman–Crippen LogP) is 17.5. The number of aromatic hydroxyl groups is 5. The second kappa shape index (κ2) is 21.7. The first-order valence-corrected chi connectivity index (χ1v) is 29.0. The zero-order valence-electron chi connectivity index (χ0n) is 51.6. The van der Waals surface area contributed by atoms with Crippen molar-refractivity contribution in [1.29, 1.82) is 0 Å². The van der Waals surface area contributed by atoms with Crippen LogP contribution < -0.4 is 4.74 Å². The molecule has 0 radical (unpaired) electrons. The molecule has 0 amide bonds. The Kier molecular flexibility index (Phi) is 16.1. The smallest absolute Gasteiger partial charge is 0.126 e. The molecule has 80 heavy (non-hydrogen) atoms. The largest absolute Gasteiger partial charge is 0.507 e. The number of rotatable bonds is 4. The summed E-state index contributed by atoms with van der Waals surface area (Å²) in [6.07, 6.45) is 2.41. The maximum absolute atomic E-state index is 12.8. The van der Waals surface area contributed by atoms with Gasteiger partial charge in [-0.3, -0.25) is 0 Å². The van der Waals surface area contributed by atoms with Gasteiger partial charge in [-0.1, -0.05) is 228 Å². The molecule has 0 atom stereocenters. The number of hydrogen-bond acceptors (Lipinski definition) is 6. The molecule has 0 saturated heterocycles. The van der Waals surface area contributed by atoms with Gasteiger partial charge in [0.15, 0.2) is 0 Å². The molecule has 8 rings (SSSR count). The third-order valence-electron chi connectivity index (χ3n) is 16.5. The average Bonchev–Trinajstić information content (AvgIpc) is 3.35. The first-order valence-electron chi connectivity index (χ1n) is 29.0. The minimum atomic E-state index is -0.301. The van der Waals surface area contributed by atoms with E-state index in [-0.39, 0.29) is 86.9 Å². The second-order valence-corrected chi connectivity index (χ2v) is 29.5. The maximum Gasteiger partial charge on any atom is 0.126 e. The Balaban J connectivity index is 1.46. The molecule has 0 saturated carbocycles. The summed E-state index contributed by atoms with van der Waals surface area (Å²) in [5, 5.41) is 63.5. The summed E-state index contributed by atoms with van der Waals surface area (Å²) in [7, 11) is 0. The van der Waals surface area contributed by atoms with E-state index in [0.29, 0.717) is 70.4 Å². The first-order chi connectivity index (χ1) is 36.9. The lowest BCUT2D eigenvalue weighted by atomic mass is 9.79. The van der Waals surface area contributed by atoms with Crippen molar-refractivity contribution in [2.24, 2.45) is 0 Å². The van der Waals surface area contributed by atoms with Crippen molar-refractivity contribution in [3.05, 3.63) is 209 Å². The molecule has 6 nitrogen and oxygen atoms in total. The standard InChI is InChI=1S/C74H92O6/c1-69(2,3)57-32-45-26-47-34-58(70(4,5)6)36-49(64(47)76)28-51-38-60(72(10,11)12)40-53(66(51)78)30-55-42-62(74(16,17)18)43-56(68(55)80-25-24-44-22-20-19-21-23-44)31-54-41-61(73(13,14)15)39-52(67(54)79)29-50-37-59(71(7,8)9)35-48(65(50)77)27-46(33-57)63(45)75/h19-23,32-43,75-79H,24-31H2,1-18H3.